The second kappa shape index (κ2) is 4.44. The van der Waals surface area contributed by atoms with E-state index in [1.54, 1.807) is 0 Å². The van der Waals surface area contributed by atoms with Crippen LogP contribution in [0.5, 0.6) is 0 Å². The maximum Gasteiger partial charge on any atom is 0.0992 e. The predicted molar refractivity (Wildman–Crippen MR) is 45.6 cm³/mol. The third-order valence-electron chi connectivity index (χ3n) is 1.41. The first kappa shape index (κ1) is 10.6. The van der Waals surface area contributed by atoms with Crippen LogP contribution in [0.15, 0.2) is 5.18 Å². The zero-order chi connectivity index (χ0) is 8.91. The van der Waals surface area contributed by atoms with Crippen LogP contribution in [-0.4, -0.2) is 18.2 Å². The van der Waals surface area contributed by atoms with E-state index in [1.807, 2.05) is 27.7 Å². The Morgan fingerprint density at radius 3 is 2.36 bits per heavy atom. The maximum atomic E-state index is 10.2. The van der Waals surface area contributed by atoms with E-state index in [0.717, 1.165) is 0 Å². The van der Waals surface area contributed by atoms with E-state index in [0.29, 0.717) is 13.0 Å². The van der Waals surface area contributed by atoms with E-state index in [1.165, 1.54) is 0 Å². The standard InChI is InChI=1S/C8H17NO2/c1-7(2)11-6-5-8(3,4)9-10/h7H,5-6H2,1-4H3. The van der Waals surface area contributed by atoms with Crippen molar-refractivity contribution in [2.75, 3.05) is 6.61 Å². The molecule has 3 heteroatoms. The molecule has 0 unspecified atom stereocenters. The van der Waals surface area contributed by atoms with Crippen LogP contribution in [0.25, 0.3) is 0 Å². The quantitative estimate of drug-likeness (QED) is 0.577. The first-order chi connectivity index (χ1) is 4.98. The second-order valence-electron chi connectivity index (χ2n) is 3.57. The van der Waals surface area contributed by atoms with Crippen molar-refractivity contribution >= 4 is 0 Å². The van der Waals surface area contributed by atoms with Gasteiger partial charge < -0.3 is 4.74 Å². The van der Waals surface area contributed by atoms with Gasteiger partial charge in [-0.3, -0.25) is 0 Å². The summed E-state index contributed by atoms with van der Waals surface area (Å²) < 4.78 is 5.28. The number of hydrogen-bond acceptors (Lipinski definition) is 3. The summed E-state index contributed by atoms with van der Waals surface area (Å²) in [6, 6.07) is 0. The predicted octanol–water partition coefficient (Wildman–Crippen LogP) is 2.35. The molecule has 0 aromatic rings. The van der Waals surface area contributed by atoms with Crippen molar-refractivity contribution < 1.29 is 4.74 Å². The van der Waals surface area contributed by atoms with Crippen LogP contribution < -0.4 is 0 Å². The zero-order valence-corrected chi connectivity index (χ0v) is 7.76. The summed E-state index contributed by atoms with van der Waals surface area (Å²) in [5, 5.41) is 2.99. The lowest BCUT2D eigenvalue weighted by molar-refractivity contribution is 0.0680. The Hall–Kier alpha value is -0.440. The van der Waals surface area contributed by atoms with Gasteiger partial charge >= 0.3 is 0 Å². The topological polar surface area (TPSA) is 38.7 Å². The lowest BCUT2D eigenvalue weighted by Gasteiger charge is -2.15. The molecular weight excluding hydrogens is 142 g/mol. The summed E-state index contributed by atoms with van der Waals surface area (Å²) in [6.07, 6.45) is 0.923. The molecular formula is C8H17NO2. The molecule has 0 aliphatic heterocycles. The van der Waals surface area contributed by atoms with E-state index in [4.69, 9.17) is 4.74 Å². The zero-order valence-electron chi connectivity index (χ0n) is 7.76. The monoisotopic (exact) mass is 159 g/mol. The Labute approximate surface area is 68.1 Å². The fourth-order valence-electron chi connectivity index (χ4n) is 0.590. The molecule has 0 fully saturated rings. The molecule has 0 atom stereocenters. The largest absolute Gasteiger partial charge is 0.379 e. The highest BCUT2D eigenvalue weighted by molar-refractivity contribution is 4.75. The van der Waals surface area contributed by atoms with Crippen molar-refractivity contribution in [2.24, 2.45) is 5.18 Å². The Balaban J connectivity index is 3.45. The first-order valence-corrected chi connectivity index (χ1v) is 3.94. The molecule has 0 spiro atoms. The number of ether oxygens (including phenoxy) is 1. The van der Waals surface area contributed by atoms with Crippen molar-refractivity contribution in [3.63, 3.8) is 0 Å². The molecule has 0 N–H and O–H groups in total. The van der Waals surface area contributed by atoms with Gasteiger partial charge in [0.15, 0.2) is 0 Å². The van der Waals surface area contributed by atoms with Crippen LogP contribution in [0.2, 0.25) is 0 Å². The van der Waals surface area contributed by atoms with Gasteiger partial charge in [0.2, 0.25) is 0 Å². The van der Waals surface area contributed by atoms with E-state index in [9.17, 15) is 4.91 Å². The Kier molecular flexibility index (Phi) is 4.26. The molecule has 0 saturated heterocycles. The molecule has 0 rings (SSSR count). The van der Waals surface area contributed by atoms with Gasteiger partial charge in [-0.25, -0.2) is 0 Å². The summed E-state index contributed by atoms with van der Waals surface area (Å²) in [7, 11) is 0. The summed E-state index contributed by atoms with van der Waals surface area (Å²) in [4.78, 5) is 10.2. The summed E-state index contributed by atoms with van der Waals surface area (Å²) in [5.74, 6) is 0. The average molecular weight is 159 g/mol. The van der Waals surface area contributed by atoms with Crippen molar-refractivity contribution in [3.05, 3.63) is 4.91 Å². The van der Waals surface area contributed by atoms with Gasteiger partial charge in [-0.2, -0.15) is 4.91 Å². The second-order valence-corrected chi connectivity index (χ2v) is 3.57. The molecule has 0 bridgehead atoms. The summed E-state index contributed by atoms with van der Waals surface area (Å²) in [6.45, 7) is 8.17. The first-order valence-electron chi connectivity index (χ1n) is 3.94. The van der Waals surface area contributed by atoms with Crippen LogP contribution in [0.4, 0.5) is 0 Å². The normalized spacial score (nSPS) is 12.1. The lowest BCUT2D eigenvalue weighted by atomic mass is 10.0. The van der Waals surface area contributed by atoms with Crippen molar-refractivity contribution in [1.82, 2.24) is 0 Å². The summed E-state index contributed by atoms with van der Waals surface area (Å²) >= 11 is 0. The molecule has 0 aliphatic rings. The molecule has 0 saturated carbocycles. The average Bonchev–Trinajstić information content (AvgIpc) is 1.87. The van der Waals surface area contributed by atoms with E-state index < -0.39 is 5.54 Å². The lowest BCUT2D eigenvalue weighted by Crippen LogP contribution is -2.19. The minimum absolute atomic E-state index is 0.234. The van der Waals surface area contributed by atoms with E-state index in [2.05, 4.69) is 5.18 Å². The van der Waals surface area contributed by atoms with E-state index in [-0.39, 0.29) is 6.10 Å². The molecule has 3 nitrogen and oxygen atoms in total. The van der Waals surface area contributed by atoms with Crippen LogP contribution in [0.1, 0.15) is 34.1 Å². The maximum absolute atomic E-state index is 10.2. The van der Waals surface area contributed by atoms with Crippen molar-refractivity contribution in [1.29, 1.82) is 0 Å². The molecule has 0 radical (unpaired) electrons. The number of nitroso groups, excluding NO2 is 1. The van der Waals surface area contributed by atoms with Crippen LogP contribution in [0.3, 0.4) is 0 Å². The van der Waals surface area contributed by atoms with Gasteiger partial charge in [-0.1, -0.05) is 5.18 Å². The van der Waals surface area contributed by atoms with Gasteiger partial charge in [0.25, 0.3) is 0 Å². The SMILES string of the molecule is CC(C)OCCC(C)(C)N=O. The van der Waals surface area contributed by atoms with E-state index >= 15 is 0 Å². The molecule has 0 heterocycles. The molecule has 0 aliphatic carbocycles. The Morgan fingerprint density at radius 2 is 2.00 bits per heavy atom. The smallest absolute Gasteiger partial charge is 0.0992 e. The third-order valence-corrected chi connectivity index (χ3v) is 1.41. The third kappa shape index (κ3) is 5.98. The minimum Gasteiger partial charge on any atom is -0.379 e. The number of hydrogen-bond donors (Lipinski definition) is 0. The summed E-state index contributed by atoms with van der Waals surface area (Å²) in [5.41, 5.74) is -0.477. The fraction of sp³-hybridized carbons (Fsp3) is 1.00. The van der Waals surface area contributed by atoms with Gasteiger partial charge in [-0.15, -0.1) is 0 Å². The number of rotatable bonds is 5. The van der Waals surface area contributed by atoms with Crippen LogP contribution >= 0.6 is 0 Å². The van der Waals surface area contributed by atoms with Gasteiger partial charge in [0.1, 0.15) is 0 Å². The highest BCUT2D eigenvalue weighted by Gasteiger charge is 2.17. The van der Waals surface area contributed by atoms with Crippen molar-refractivity contribution in [3.8, 4) is 0 Å². The molecule has 0 amide bonds. The fourth-order valence-corrected chi connectivity index (χ4v) is 0.590. The van der Waals surface area contributed by atoms with Gasteiger partial charge in [0, 0.05) is 6.61 Å². The Bertz CT molecular complexity index is 121. The molecule has 0 aromatic carbocycles. The molecule has 0 aromatic heterocycles. The highest BCUT2D eigenvalue weighted by Crippen LogP contribution is 2.13. The molecule has 66 valence electrons. The minimum atomic E-state index is -0.477. The van der Waals surface area contributed by atoms with Crippen molar-refractivity contribution in [2.45, 2.75) is 45.8 Å². The van der Waals surface area contributed by atoms with Gasteiger partial charge in [-0.05, 0) is 34.1 Å². The van der Waals surface area contributed by atoms with Crippen LogP contribution in [0, 0.1) is 4.91 Å². The van der Waals surface area contributed by atoms with Crippen LogP contribution in [-0.2, 0) is 4.74 Å². The highest BCUT2D eigenvalue weighted by atomic mass is 16.5. The molecule has 11 heavy (non-hydrogen) atoms. The Morgan fingerprint density at radius 1 is 1.45 bits per heavy atom. The number of nitrogens with zero attached hydrogens (tertiary/aromatic N) is 1. The van der Waals surface area contributed by atoms with Gasteiger partial charge in [0.05, 0.1) is 11.6 Å².